The summed E-state index contributed by atoms with van der Waals surface area (Å²) in [6, 6.07) is 6.52. The highest BCUT2D eigenvalue weighted by Crippen LogP contribution is 2.22. The summed E-state index contributed by atoms with van der Waals surface area (Å²) in [5.74, 6) is 1.74. The lowest BCUT2D eigenvalue weighted by Crippen LogP contribution is -2.38. The van der Waals surface area contributed by atoms with Gasteiger partial charge in [-0.25, -0.2) is 9.97 Å². The molecule has 1 saturated heterocycles. The third-order valence-corrected chi connectivity index (χ3v) is 4.78. The molecule has 0 spiro atoms. The number of anilines is 1. The molecule has 1 unspecified atom stereocenters. The molecule has 0 aliphatic carbocycles. The van der Waals surface area contributed by atoms with Gasteiger partial charge in [0, 0.05) is 43.3 Å². The summed E-state index contributed by atoms with van der Waals surface area (Å²) >= 11 is 0. The SMILES string of the molecule is Cc1cc(C)n2c(CNCC3CCCN3c3cccnn3)cnc2n1. The lowest BCUT2D eigenvalue weighted by molar-refractivity contribution is 0.563. The summed E-state index contributed by atoms with van der Waals surface area (Å²) in [5, 5.41) is 11.8. The van der Waals surface area contributed by atoms with E-state index >= 15 is 0 Å². The van der Waals surface area contributed by atoms with E-state index in [1.165, 1.54) is 18.5 Å². The number of imidazole rings is 1. The lowest BCUT2D eigenvalue weighted by atomic mass is 10.2. The van der Waals surface area contributed by atoms with Gasteiger partial charge < -0.3 is 10.2 Å². The van der Waals surface area contributed by atoms with Crippen LogP contribution in [0.15, 0.2) is 30.6 Å². The lowest BCUT2D eigenvalue weighted by Gasteiger charge is -2.25. The van der Waals surface area contributed by atoms with E-state index < -0.39 is 0 Å². The van der Waals surface area contributed by atoms with Gasteiger partial charge in [0.05, 0.1) is 11.9 Å². The molecule has 0 saturated carbocycles. The molecule has 4 heterocycles. The van der Waals surface area contributed by atoms with Gasteiger partial charge in [-0.05, 0) is 44.9 Å². The fourth-order valence-corrected chi connectivity index (χ4v) is 3.68. The van der Waals surface area contributed by atoms with Crippen molar-refractivity contribution in [2.45, 2.75) is 39.3 Å². The maximum absolute atomic E-state index is 4.50. The second kappa shape index (κ2) is 6.76. The number of hydrogen-bond acceptors (Lipinski definition) is 6. The molecular formula is C18H23N7. The van der Waals surface area contributed by atoms with Crippen molar-refractivity contribution in [1.82, 2.24) is 29.9 Å². The van der Waals surface area contributed by atoms with Gasteiger partial charge in [0.15, 0.2) is 5.82 Å². The van der Waals surface area contributed by atoms with Gasteiger partial charge in [0.2, 0.25) is 5.78 Å². The molecule has 4 rings (SSSR count). The Morgan fingerprint density at radius 2 is 2.24 bits per heavy atom. The van der Waals surface area contributed by atoms with E-state index in [0.717, 1.165) is 42.6 Å². The van der Waals surface area contributed by atoms with Crippen molar-refractivity contribution >= 4 is 11.6 Å². The molecule has 0 bridgehead atoms. The first-order chi connectivity index (χ1) is 12.2. The van der Waals surface area contributed by atoms with Gasteiger partial charge in [0.25, 0.3) is 0 Å². The molecule has 25 heavy (non-hydrogen) atoms. The summed E-state index contributed by atoms with van der Waals surface area (Å²) in [6.45, 7) is 6.84. The quantitative estimate of drug-likeness (QED) is 0.767. The summed E-state index contributed by atoms with van der Waals surface area (Å²) in [7, 11) is 0. The number of fused-ring (bicyclic) bond motifs is 1. The van der Waals surface area contributed by atoms with Crippen LogP contribution < -0.4 is 10.2 Å². The van der Waals surface area contributed by atoms with Gasteiger partial charge in [-0.15, -0.1) is 5.10 Å². The zero-order valence-electron chi connectivity index (χ0n) is 14.7. The van der Waals surface area contributed by atoms with E-state index in [2.05, 4.69) is 47.8 Å². The van der Waals surface area contributed by atoms with Crippen molar-refractivity contribution in [3.8, 4) is 0 Å². The van der Waals surface area contributed by atoms with Crippen molar-refractivity contribution in [3.63, 3.8) is 0 Å². The predicted octanol–water partition coefficient (Wildman–Crippen LogP) is 1.89. The number of nitrogens with one attached hydrogen (secondary N) is 1. The van der Waals surface area contributed by atoms with Crippen molar-refractivity contribution in [3.05, 3.63) is 47.7 Å². The van der Waals surface area contributed by atoms with E-state index in [1.807, 2.05) is 25.3 Å². The highest BCUT2D eigenvalue weighted by atomic mass is 15.3. The average Bonchev–Trinajstić information content (AvgIpc) is 3.23. The molecule has 0 aromatic carbocycles. The molecular weight excluding hydrogens is 314 g/mol. The van der Waals surface area contributed by atoms with Gasteiger partial charge in [-0.1, -0.05) is 0 Å². The Bertz CT molecular complexity index is 858. The molecule has 0 amide bonds. The maximum atomic E-state index is 4.50. The van der Waals surface area contributed by atoms with Crippen LogP contribution in [0, 0.1) is 13.8 Å². The van der Waals surface area contributed by atoms with Gasteiger partial charge in [-0.3, -0.25) is 4.40 Å². The first-order valence-electron chi connectivity index (χ1n) is 8.78. The van der Waals surface area contributed by atoms with Crippen LogP contribution in [0.1, 0.15) is 29.9 Å². The number of hydrogen-bond donors (Lipinski definition) is 1. The molecule has 3 aromatic rings. The summed E-state index contributed by atoms with van der Waals surface area (Å²) in [6.07, 6.45) is 6.00. The molecule has 0 radical (unpaired) electrons. The van der Waals surface area contributed by atoms with Crippen molar-refractivity contribution in [1.29, 1.82) is 0 Å². The van der Waals surface area contributed by atoms with Crippen molar-refractivity contribution in [2.75, 3.05) is 18.0 Å². The van der Waals surface area contributed by atoms with Crippen LogP contribution in [0.25, 0.3) is 5.78 Å². The fourth-order valence-electron chi connectivity index (χ4n) is 3.68. The molecule has 1 N–H and O–H groups in total. The standard InChI is InChI=1S/C18H23N7/c1-13-9-14(2)25-16(12-20-18(25)22-13)11-19-10-15-5-4-8-24(15)17-6-3-7-21-23-17/h3,6-7,9,12,15,19H,4-5,8,10-11H2,1-2H3. The first kappa shape index (κ1) is 16.0. The van der Waals surface area contributed by atoms with Crippen LogP contribution in [0.4, 0.5) is 5.82 Å². The number of nitrogens with zero attached hydrogens (tertiary/aromatic N) is 6. The maximum Gasteiger partial charge on any atom is 0.234 e. The Balaban J connectivity index is 1.43. The zero-order chi connectivity index (χ0) is 17.2. The summed E-state index contributed by atoms with van der Waals surface area (Å²) < 4.78 is 2.12. The second-order valence-electron chi connectivity index (χ2n) is 6.63. The fraction of sp³-hybridized carbons (Fsp3) is 0.444. The van der Waals surface area contributed by atoms with E-state index in [4.69, 9.17) is 0 Å². The molecule has 7 heteroatoms. The van der Waals surface area contributed by atoms with Crippen LogP contribution in [0.5, 0.6) is 0 Å². The normalized spacial score (nSPS) is 17.5. The predicted molar refractivity (Wildman–Crippen MR) is 96.6 cm³/mol. The molecule has 130 valence electrons. The van der Waals surface area contributed by atoms with E-state index in [1.54, 1.807) is 6.20 Å². The Kier molecular flexibility index (Phi) is 4.31. The topological polar surface area (TPSA) is 71.2 Å². The highest BCUT2D eigenvalue weighted by molar-refractivity contribution is 5.39. The molecule has 1 fully saturated rings. The van der Waals surface area contributed by atoms with E-state index in [0.29, 0.717) is 6.04 Å². The Morgan fingerprint density at radius 1 is 1.32 bits per heavy atom. The minimum atomic E-state index is 0.456. The van der Waals surface area contributed by atoms with Gasteiger partial charge in [0.1, 0.15) is 0 Å². The smallest absolute Gasteiger partial charge is 0.234 e. The monoisotopic (exact) mass is 337 g/mol. The molecule has 7 nitrogen and oxygen atoms in total. The van der Waals surface area contributed by atoms with Crippen LogP contribution in [-0.2, 0) is 6.54 Å². The Labute approximate surface area is 147 Å². The highest BCUT2D eigenvalue weighted by Gasteiger charge is 2.25. The third-order valence-electron chi connectivity index (χ3n) is 4.78. The van der Waals surface area contributed by atoms with Gasteiger partial charge in [-0.2, -0.15) is 5.10 Å². The first-order valence-corrected chi connectivity index (χ1v) is 8.78. The Hall–Kier alpha value is -2.54. The third kappa shape index (κ3) is 3.19. The van der Waals surface area contributed by atoms with Crippen LogP contribution >= 0.6 is 0 Å². The van der Waals surface area contributed by atoms with Gasteiger partial charge >= 0.3 is 0 Å². The number of aromatic nitrogens is 5. The van der Waals surface area contributed by atoms with Crippen molar-refractivity contribution in [2.24, 2.45) is 0 Å². The van der Waals surface area contributed by atoms with E-state index in [9.17, 15) is 0 Å². The van der Waals surface area contributed by atoms with E-state index in [-0.39, 0.29) is 0 Å². The Morgan fingerprint density at radius 3 is 3.08 bits per heavy atom. The van der Waals surface area contributed by atoms with Crippen molar-refractivity contribution < 1.29 is 0 Å². The second-order valence-corrected chi connectivity index (χ2v) is 6.63. The molecule has 1 aliphatic rings. The summed E-state index contributed by atoms with van der Waals surface area (Å²) in [4.78, 5) is 11.3. The van der Waals surface area contributed by atoms with Crippen LogP contribution in [-0.4, -0.2) is 43.7 Å². The largest absolute Gasteiger partial charge is 0.351 e. The number of rotatable bonds is 5. The zero-order valence-corrected chi connectivity index (χ0v) is 14.7. The molecule has 3 aromatic heterocycles. The van der Waals surface area contributed by atoms with Crippen LogP contribution in [0.2, 0.25) is 0 Å². The summed E-state index contributed by atoms with van der Waals surface area (Å²) in [5.41, 5.74) is 3.31. The van der Waals surface area contributed by atoms with Crippen LogP contribution in [0.3, 0.4) is 0 Å². The number of aryl methyl sites for hydroxylation is 2. The molecule has 1 atom stereocenters. The minimum Gasteiger partial charge on any atom is -0.351 e. The minimum absolute atomic E-state index is 0.456. The molecule has 1 aliphatic heterocycles. The average molecular weight is 337 g/mol.